The van der Waals surface area contributed by atoms with Gasteiger partial charge in [0.05, 0.1) is 13.2 Å². The number of nitrogens with one attached hydrogen (secondary N) is 1. The van der Waals surface area contributed by atoms with Crippen LogP contribution in [0.5, 0.6) is 11.5 Å². The van der Waals surface area contributed by atoms with E-state index < -0.39 is 0 Å². The predicted octanol–water partition coefficient (Wildman–Crippen LogP) is 3.48. The Bertz CT molecular complexity index is 626. The van der Waals surface area contributed by atoms with Gasteiger partial charge in [-0.15, -0.1) is 0 Å². The minimum Gasteiger partial charge on any atom is -0.490 e. The molecule has 0 atom stereocenters. The molecule has 0 aromatic heterocycles. The highest BCUT2D eigenvalue weighted by Gasteiger charge is 2.43. The van der Waals surface area contributed by atoms with Gasteiger partial charge in [0.15, 0.2) is 17.5 Å². The van der Waals surface area contributed by atoms with Crippen LogP contribution in [-0.4, -0.2) is 50.8 Å². The number of hydrogen-bond donors (Lipinski definition) is 1. The van der Waals surface area contributed by atoms with Crippen LogP contribution in [0.2, 0.25) is 0 Å². The van der Waals surface area contributed by atoms with Crippen molar-refractivity contribution < 1.29 is 9.47 Å². The zero-order valence-corrected chi connectivity index (χ0v) is 16.5. The Morgan fingerprint density at radius 1 is 1.15 bits per heavy atom. The Balaban J connectivity index is 1.52. The summed E-state index contributed by atoms with van der Waals surface area (Å²) in [5.74, 6) is 2.71. The van der Waals surface area contributed by atoms with E-state index in [2.05, 4.69) is 27.3 Å². The number of guanidine groups is 1. The molecular formula is C21H33N3O2. The molecule has 3 rings (SSSR count). The van der Waals surface area contributed by atoms with Crippen LogP contribution < -0.4 is 14.8 Å². The zero-order chi connectivity index (χ0) is 18.4. The highest BCUT2D eigenvalue weighted by molar-refractivity contribution is 5.80. The quantitative estimate of drug-likeness (QED) is 0.598. The van der Waals surface area contributed by atoms with Gasteiger partial charge in [0, 0.05) is 26.7 Å². The molecule has 1 saturated heterocycles. The van der Waals surface area contributed by atoms with Gasteiger partial charge in [-0.25, -0.2) is 0 Å². The summed E-state index contributed by atoms with van der Waals surface area (Å²) in [6, 6.07) is 6.23. The third-order valence-corrected chi connectivity index (χ3v) is 5.67. The average molecular weight is 360 g/mol. The second-order valence-electron chi connectivity index (χ2n) is 7.40. The van der Waals surface area contributed by atoms with Gasteiger partial charge in [0.1, 0.15) is 0 Å². The van der Waals surface area contributed by atoms with Crippen LogP contribution in [0, 0.1) is 5.41 Å². The van der Waals surface area contributed by atoms with E-state index in [1.165, 1.54) is 37.8 Å². The lowest BCUT2D eigenvalue weighted by Gasteiger charge is -2.38. The number of benzene rings is 1. The summed E-state index contributed by atoms with van der Waals surface area (Å²) in [6.07, 6.45) is 6.45. The zero-order valence-electron chi connectivity index (χ0n) is 16.5. The van der Waals surface area contributed by atoms with E-state index in [-0.39, 0.29) is 0 Å². The number of likely N-dealkylation sites (tertiary alicyclic amines) is 1. The van der Waals surface area contributed by atoms with Crippen molar-refractivity contribution in [2.45, 2.75) is 46.0 Å². The molecule has 1 N–H and O–H groups in total. The number of rotatable bonds is 7. The molecule has 2 aliphatic rings. The molecule has 5 heteroatoms. The molecule has 0 unspecified atom stereocenters. The Morgan fingerprint density at radius 3 is 2.54 bits per heavy atom. The van der Waals surface area contributed by atoms with Gasteiger partial charge in [-0.1, -0.05) is 12.5 Å². The van der Waals surface area contributed by atoms with E-state index in [0.717, 1.165) is 37.0 Å². The number of hydrogen-bond acceptors (Lipinski definition) is 3. The molecule has 1 aliphatic carbocycles. The molecule has 2 fully saturated rings. The predicted molar refractivity (Wildman–Crippen MR) is 106 cm³/mol. The van der Waals surface area contributed by atoms with Gasteiger partial charge in [-0.3, -0.25) is 4.99 Å². The van der Waals surface area contributed by atoms with Gasteiger partial charge in [-0.2, -0.15) is 0 Å². The second kappa shape index (κ2) is 8.65. The van der Waals surface area contributed by atoms with Crippen LogP contribution >= 0.6 is 0 Å². The largest absolute Gasteiger partial charge is 0.490 e. The maximum absolute atomic E-state index is 5.72. The molecule has 0 bridgehead atoms. The lowest BCUT2D eigenvalue weighted by molar-refractivity contribution is 0.151. The average Bonchev–Trinajstić information content (AvgIpc) is 3.07. The fourth-order valence-electron chi connectivity index (χ4n) is 4.10. The summed E-state index contributed by atoms with van der Waals surface area (Å²) in [6.45, 7) is 8.46. The van der Waals surface area contributed by atoms with Gasteiger partial charge in [-0.05, 0) is 62.6 Å². The molecule has 1 spiro atoms. The Morgan fingerprint density at radius 2 is 1.92 bits per heavy atom. The van der Waals surface area contributed by atoms with Crippen LogP contribution in [0.4, 0.5) is 0 Å². The molecule has 0 radical (unpaired) electrons. The van der Waals surface area contributed by atoms with Crippen molar-refractivity contribution in [3.63, 3.8) is 0 Å². The monoisotopic (exact) mass is 359 g/mol. The van der Waals surface area contributed by atoms with E-state index in [0.29, 0.717) is 18.6 Å². The Hall–Kier alpha value is -1.91. The fraction of sp³-hybridized carbons (Fsp3) is 0.667. The molecule has 5 nitrogen and oxygen atoms in total. The van der Waals surface area contributed by atoms with Crippen molar-refractivity contribution in [1.82, 2.24) is 10.2 Å². The number of ether oxygens (including phenoxy) is 2. The van der Waals surface area contributed by atoms with E-state index in [1.54, 1.807) is 0 Å². The lowest BCUT2D eigenvalue weighted by atomic mass is 9.68. The normalized spacial score (nSPS) is 18.7. The van der Waals surface area contributed by atoms with Gasteiger partial charge in [0.25, 0.3) is 0 Å². The maximum Gasteiger partial charge on any atom is 0.193 e. The first-order valence-corrected chi connectivity index (χ1v) is 10.0. The number of aliphatic imine (C=N–C) groups is 1. The van der Waals surface area contributed by atoms with Gasteiger partial charge in [0.2, 0.25) is 0 Å². The standard InChI is InChI=1S/C21H33N3O2/c1-4-25-18-8-7-17(15-19(18)26-5-2)9-13-23-20(22-3)24-14-12-21(16-24)10-6-11-21/h7-8,15H,4-6,9-14,16H2,1-3H3,(H,22,23). The first-order chi connectivity index (χ1) is 12.7. The molecule has 26 heavy (non-hydrogen) atoms. The summed E-state index contributed by atoms with van der Waals surface area (Å²) in [4.78, 5) is 6.93. The second-order valence-corrected chi connectivity index (χ2v) is 7.40. The van der Waals surface area contributed by atoms with Crippen LogP contribution in [0.3, 0.4) is 0 Å². The van der Waals surface area contributed by atoms with Crippen molar-refractivity contribution in [3.8, 4) is 11.5 Å². The van der Waals surface area contributed by atoms with Crippen LogP contribution in [0.25, 0.3) is 0 Å². The van der Waals surface area contributed by atoms with Crippen LogP contribution in [0.1, 0.15) is 45.1 Å². The van der Waals surface area contributed by atoms with Crippen molar-refractivity contribution in [2.75, 3.05) is 39.9 Å². The minimum absolute atomic E-state index is 0.596. The molecule has 1 aromatic rings. The third kappa shape index (κ3) is 4.25. The van der Waals surface area contributed by atoms with Crippen molar-refractivity contribution >= 4 is 5.96 Å². The highest BCUT2D eigenvalue weighted by atomic mass is 16.5. The van der Waals surface area contributed by atoms with Crippen LogP contribution in [0.15, 0.2) is 23.2 Å². The molecule has 0 amide bonds. The van der Waals surface area contributed by atoms with Crippen LogP contribution in [-0.2, 0) is 6.42 Å². The molecule has 1 saturated carbocycles. The molecule has 1 heterocycles. The number of nitrogens with zero attached hydrogens (tertiary/aromatic N) is 2. The molecule has 144 valence electrons. The van der Waals surface area contributed by atoms with Crippen molar-refractivity contribution in [2.24, 2.45) is 10.4 Å². The highest BCUT2D eigenvalue weighted by Crippen LogP contribution is 2.47. The SMILES string of the molecule is CCOc1ccc(CCNC(=NC)N2CCC3(CCC3)C2)cc1OCC. The first kappa shape index (κ1) is 18.9. The van der Waals surface area contributed by atoms with Crippen molar-refractivity contribution in [1.29, 1.82) is 0 Å². The summed E-state index contributed by atoms with van der Waals surface area (Å²) >= 11 is 0. The van der Waals surface area contributed by atoms with Gasteiger partial charge >= 0.3 is 0 Å². The smallest absolute Gasteiger partial charge is 0.193 e. The van der Waals surface area contributed by atoms with E-state index in [4.69, 9.17) is 9.47 Å². The molecule has 1 aliphatic heterocycles. The Kier molecular flexibility index (Phi) is 6.28. The first-order valence-electron chi connectivity index (χ1n) is 10.0. The maximum atomic E-state index is 5.72. The topological polar surface area (TPSA) is 46.1 Å². The third-order valence-electron chi connectivity index (χ3n) is 5.67. The molecular weight excluding hydrogens is 326 g/mol. The summed E-state index contributed by atoms with van der Waals surface area (Å²) in [5, 5.41) is 3.54. The molecule has 1 aromatic carbocycles. The van der Waals surface area contributed by atoms with E-state index in [1.807, 2.05) is 27.0 Å². The van der Waals surface area contributed by atoms with Gasteiger partial charge < -0.3 is 19.7 Å². The van der Waals surface area contributed by atoms with E-state index >= 15 is 0 Å². The van der Waals surface area contributed by atoms with Crippen molar-refractivity contribution in [3.05, 3.63) is 23.8 Å². The minimum atomic E-state index is 0.596. The lowest BCUT2D eigenvalue weighted by Crippen LogP contribution is -2.43. The summed E-state index contributed by atoms with van der Waals surface area (Å²) in [5.41, 5.74) is 1.84. The summed E-state index contributed by atoms with van der Waals surface area (Å²) in [7, 11) is 1.89. The van der Waals surface area contributed by atoms with E-state index in [9.17, 15) is 0 Å². The summed E-state index contributed by atoms with van der Waals surface area (Å²) < 4.78 is 11.4. The Labute approximate surface area is 157 Å². The fourth-order valence-corrected chi connectivity index (χ4v) is 4.10.